The summed E-state index contributed by atoms with van der Waals surface area (Å²) >= 11 is 11.7. The zero-order valence-electron chi connectivity index (χ0n) is 10.9. The number of ketones is 1. The van der Waals surface area contributed by atoms with Gasteiger partial charge in [0.2, 0.25) is 0 Å². The number of methoxy groups -OCH3 is 1. The molecular formula is C15H10Cl2O4. The van der Waals surface area contributed by atoms with Gasteiger partial charge in [-0.1, -0.05) is 23.2 Å². The molecule has 0 aliphatic heterocycles. The van der Waals surface area contributed by atoms with Crippen LogP contribution >= 0.6 is 23.2 Å². The summed E-state index contributed by atoms with van der Waals surface area (Å²) in [5.41, 5.74) is 0.0231. The molecule has 0 unspecified atom stereocenters. The van der Waals surface area contributed by atoms with Gasteiger partial charge in [0.05, 0.1) is 17.7 Å². The maximum absolute atomic E-state index is 11.8. The Morgan fingerprint density at radius 1 is 0.952 bits per heavy atom. The highest BCUT2D eigenvalue weighted by Gasteiger charge is 2.20. The van der Waals surface area contributed by atoms with Crippen LogP contribution in [-0.2, 0) is 9.53 Å². The molecule has 0 aliphatic rings. The number of halogens is 2. The number of hydrogen-bond acceptors (Lipinski definition) is 4. The number of hydrogen-bond donors (Lipinski definition) is 0. The molecule has 0 fully saturated rings. The minimum absolute atomic E-state index is 0.0231. The SMILES string of the molecule is COC(=O)C(=O)c1cc(Oc2ccc(Cl)cc2)ccc1Cl. The molecule has 0 amide bonds. The molecule has 4 nitrogen and oxygen atoms in total. The van der Waals surface area contributed by atoms with Gasteiger partial charge in [-0.25, -0.2) is 4.79 Å². The van der Waals surface area contributed by atoms with Crippen molar-refractivity contribution < 1.29 is 19.1 Å². The minimum atomic E-state index is -0.986. The minimum Gasteiger partial charge on any atom is -0.463 e. The van der Waals surface area contributed by atoms with Gasteiger partial charge in [0.1, 0.15) is 11.5 Å². The molecule has 0 atom stereocenters. The maximum atomic E-state index is 11.8. The van der Waals surface area contributed by atoms with Crippen LogP contribution in [0.1, 0.15) is 10.4 Å². The molecule has 21 heavy (non-hydrogen) atoms. The third-order valence-corrected chi connectivity index (χ3v) is 3.18. The van der Waals surface area contributed by atoms with Crippen molar-refractivity contribution in [2.45, 2.75) is 0 Å². The van der Waals surface area contributed by atoms with Gasteiger partial charge in [-0.2, -0.15) is 0 Å². The summed E-state index contributed by atoms with van der Waals surface area (Å²) in [6.45, 7) is 0. The van der Waals surface area contributed by atoms with Gasteiger partial charge in [0.25, 0.3) is 5.78 Å². The lowest BCUT2D eigenvalue weighted by atomic mass is 10.1. The second kappa shape index (κ2) is 6.61. The Morgan fingerprint density at radius 3 is 2.19 bits per heavy atom. The number of carbonyl (C=O) groups is 2. The topological polar surface area (TPSA) is 52.6 Å². The fourth-order valence-corrected chi connectivity index (χ4v) is 1.91. The first-order valence-electron chi connectivity index (χ1n) is 5.87. The van der Waals surface area contributed by atoms with Crippen molar-refractivity contribution in [1.29, 1.82) is 0 Å². The number of rotatable bonds is 4. The third-order valence-electron chi connectivity index (χ3n) is 2.60. The van der Waals surface area contributed by atoms with Crippen LogP contribution in [0.2, 0.25) is 10.0 Å². The monoisotopic (exact) mass is 324 g/mol. The first kappa shape index (κ1) is 15.4. The van der Waals surface area contributed by atoms with E-state index in [4.69, 9.17) is 27.9 Å². The molecule has 0 spiro atoms. The van der Waals surface area contributed by atoms with Gasteiger partial charge in [-0.05, 0) is 42.5 Å². The van der Waals surface area contributed by atoms with E-state index in [1.165, 1.54) is 12.1 Å². The molecule has 2 aromatic carbocycles. The van der Waals surface area contributed by atoms with Crippen LogP contribution in [0.25, 0.3) is 0 Å². The van der Waals surface area contributed by atoms with Crippen LogP contribution in [0, 0.1) is 0 Å². The second-order valence-corrected chi connectivity index (χ2v) is 4.86. The largest absolute Gasteiger partial charge is 0.463 e. The van der Waals surface area contributed by atoms with E-state index in [2.05, 4.69) is 4.74 Å². The summed E-state index contributed by atoms with van der Waals surface area (Å²) in [5, 5.41) is 0.730. The fraction of sp³-hybridized carbons (Fsp3) is 0.0667. The molecule has 108 valence electrons. The standard InChI is InChI=1S/C15H10Cl2O4/c1-20-15(19)14(18)12-8-11(6-7-13(12)17)21-10-4-2-9(16)3-5-10/h2-8H,1H3. The van der Waals surface area contributed by atoms with E-state index in [0.29, 0.717) is 16.5 Å². The quantitative estimate of drug-likeness (QED) is 0.482. The lowest BCUT2D eigenvalue weighted by molar-refractivity contribution is -0.135. The van der Waals surface area contributed by atoms with E-state index in [1.807, 2.05) is 0 Å². The molecule has 2 rings (SSSR count). The highest BCUT2D eigenvalue weighted by atomic mass is 35.5. The molecule has 0 aromatic heterocycles. The smallest absolute Gasteiger partial charge is 0.379 e. The van der Waals surface area contributed by atoms with Crippen molar-refractivity contribution in [3.63, 3.8) is 0 Å². The summed E-state index contributed by atoms with van der Waals surface area (Å²) in [6.07, 6.45) is 0. The van der Waals surface area contributed by atoms with Crippen LogP contribution in [0.4, 0.5) is 0 Å². The number of esters is 1. The lowest BCUT2D eigenvalue weighted by Crippen LogP contribution is -2.16. The summed E-state index contributed by atoms with van der Waals surface area (Å²) in [4.78, 5) is 23.1. The number of Topliss-reactive ketones (excluding diaryl/α,β-unsaturated/α-hetero) is 1. The van der Waals surface area contributed by atoms with Gasteiger partial charge in [0.15, 0.2) is 0 Å². The summed E-state index contributed by atoms with van der Waals surface area (Å²) < 4.78 is 9.96. The van der Waals surface area contributed by atoms with Crippen LogP contribution in [0.3, 0.4) is 0 Å². The Morgan fingerprint density at radius 2 is 1.57 bits per heavy atom. The van der Waals surface area contributed by atoms with Crippen molar-refractivity contribution in [1.82, 2.24) is 0 Å². The lowest BCUT2D eigenvalue weighted by Gasteiger charge is -2.08. The van der Waals surface area contributed by atoms with Crippen molar-refractivity contribution in [3.05, 3.63) is 58.1 Å². The van der Waals surface area contributed by atoms with Crippen molar-refractivity contribution in [2.24, 2.45) is 0 Å². The van der Waals surface area contributed by atoms with Gasteiger partial charge >= 0.3 is 5.97 Å². The first-order chi connectivity index (χ1) is 10.0. The van der Waals surface area contributed by atoms with Crippen molar-refractivity contribution >= 4 is 35.0 Å². The molecule has 0 bridgehead atoms. The van der Waals surface area contributed by atoms with E-state index >= 15 is 0 Å². The van der Waals surface area contributed by atoms with E-state index in [0.717, 1.165) is 7.11 Å². The fourth-order valence-electron chi connectivity index (χ4n) is 1.58. The van der Waals surface area contributed by atoms with Crippen LogP contribution in [0.15, 0.2) is 42.5 Å². The van der Waals surface area contributed by atoms with E-state index < -0.39 is 11.8 Å². The Kier molecular flexibility index (Phi) is 4.83. The molecule has 0 N–H and O–H groups in total. The van der Waals surface area contributed by atoms with E-state index in [1.54, 1.807) is 30.3 Å². The molecule has 2 aromatic rings. The van der Waals surface area contributed by atoms with Crippen molar-refractivity contribution in [2.75, 3.05) is 7.11 Å². The molecule has 6 heteroatoms. The average molecular weight is 325 g/mol. The second-order valence-electron chi connectivity index (χ2n) is 4.02. The Labute approximate surface area is 131 Å². The third kappa shape index (κ3) is 3.74. The Balaban J connectivity index is 2.28. The molecule has 0 saturated carbocycles. The van der Waals surface area contributed by atoms with Crippen LogP contribution in [-0.4, -0.2) is 18.9 Å². The van der Waals surface area contributed by atoms with Gasteiger partial charge in [0, 0.05) is 5.02 Å². The van der Waals surface area contributed by atoms with E-state index in [9.17, 15) is 9.59 Å². The highest BCUT2D eigenvalue weighted by molar-refractivity contribution is 6.45. The summed E-state index contributed by atoms with van der Waals surface area (Å²) in [5.74, 6) is -0.906. The summed E-state index contributed by atoms with van der Waals surface area (Å²) in [6, 6.07) is 11.2. The zero-order valence-corrected chi connectivity index (χ0v) is 12.4. The first-order valence-corrected chi connectivity index (χ1v) is 6.62. The van der Waals surface area contributed by atoms with Crippen LogP contribution in [0.5, 0.6) is 11.5 Å². The Hall–Kier alpha value is -2.04. The highest BCUT2D eigenvalue weighted by Crippen LogP contribution is 2.27. The van der Waals surface area contributed by atoms with Gasteiger partial charge in [-0.15, -0.1) is 0 Å². The molecular weight excluding hydrogens is 315 g/mol. The van der Waals surface area contributed by atoms with Crippen molar-refractivity contribution in [3.8, 4) is 11.5 Å². The molecule has 0 saturated heterocycles. The normalized spacial score (nSPS) is 10.0. The van der Waals surface area contributed by atoms with E-state index in [-0.39, 0.29) is 10.6 Å². The maximum Gasteiger partial charge on any atom is 0.379 e. The average Bonchev–Trinajstić information content (AvgIpc) is 2.50. The van der Waals surface area contributed by atoms with Crippen LogP contribution < -0.4 is 4.74 Å². The Bertz CT molecular complexity index is 681. The number of carbonyl (C=O) groups excluding carboxylic acids is 2. The number of ether oxygens (including phenoxy) is 2. The molecule has 0 aliphatic carbocycles. The van der Waals surface area contributed by atoms with Gasteiger partial charge < -0.3 is 9.47 Å². The predicted molar refractivity (Wildman–Crippen MR) is 79.3 cm³/mol. The zero-order chi connectivity index (χ0) is 15.4. The van der Waals surface area contributed by atoms with Gasteiger partial charge in [-0.3, -0.25) is 4.79 Å². The molecule has 0 heterocycles. The summed E-state index contributed by atoms with van der Waals surface area (Å²) in [7, 11) is 1.13. The molecule has 0 radical (unpaired) electrons. The number of benzene rings is 2. The predicted octanol–water partition coefficient (Wildman–Crippen LogP) is 4.14.